The Balaban J connectivity index is 2.26. The minimum atomic E-state index is -3.37. The van der Waals surface area contributed by atoms with Crippen LogP contribution in [0, 0.1) is 0 Å². The second kappa shape index (κ2) is 6.68. The third-order valence-electron chi connectivity index (χ3n) is 2.79. The molecule has 22 heavy (non-hydrogen) atoms. The van der Waals surface area contributed by atoms with Gasteiger partial charge in [-0.3, -0.25) is 4.79 Å². The number of nitrogens with zero attached hydrogens (tertiary/aromatic N) is 1. The van der Waals surface area contributed by atoms with Gasteiger partial charge in [0, 0.05) is 6.26 Å². The third kappa shape index (κ3) is 4.00. The van der Waals surface area contributed by atoms with Gasteiger partial charge in [0.1, 0.15) is 5.82 Å². The molecule has 0 aliphatic heterocycles. The molecule has 0 bridgehead atoms. The van der Waals surface area contributed by atoms with Gasteiger partial charge in [-0.2, -0.15) is 0 Å². The van der Waals surface area contributed by atoms with Crippen LogP contribution in [0.25, 0.3) is 0 Å². The molecule has 0 saturated carbocycles. The minimum Gasteiger partial charge on any atom is -0.306 e. The van der Waals surface area contributed by atoms with Crippen molar-refractivity contribution < 1.29 is 13.2 Å². The number of rotatable bonds is 4. The van der Waals surface area contributed by atoms with E-state index in [9.17, 15) is 13.2 Å². The molecule has 5 nitrogen and oxygen atoms in total. The van der Waals surface area contributed by atoms with Gasteiger partial charge in [-0.1, -0.05) is 17.7 Å². The van der Waals surface area contributed by atoms with Crippen molar-refractivity contribution in [3.63, 3.8) is 0 Å². The third-order valence-corrected chi connectivity index (χ3v) is 4.86. The number of amides is 1. The molecule has 1 amide bonds. The molecule has 1 aromatic heterocycles. The standard InChI is InChI=1S/C14H13ClN2O3S2/c1-21-13-5-3-4-12(16-13)17-14(18)10-7-6-9(8-11(10)15)22(2,19)20/h3-8H,1-2H3,(H,16,17,18). The minimum absolute atomic E-state index is 0.0663. The summed E-state index contributed by atoms with van der Waals surface area (Å²) in [5.41, 5.74) is 0.186. The van der Waals surface area contributed by atoms with Crippen molar-refractivity contribution in [3.05, 3.63) is 47.0 Å². The zero-order valence-electron chi connectivity index (χ0n) is 11.8. The quantitative estimate of drug-likeness (QED) is 0.852. The Kier molecular flexibility index (Phi) is 5.10. The first kappa shape index (κ1) is 16.8. The summed E-state index contributed by atoms with van der Waals surface area (Å²) in [6, 6.07) is 9.26. The summed E-state index contributed by atoms with van der Waals surface area (Å²) in [7, 11) is -3.37. The molecule has 0 spiro atoms. The van der Waals surface area contributed by atoms with E-state index in [1.165, 1.54) is 30.0 Å². The molecule has 2 aromatic rings. The van der Waals surface area contributed by atoms with Crippen molar-refractivity contribution in [1.29, 1.82) is 0 Å². The van der Waals surface area contributed by atoms with E-state index in [4.69, 9.17) is 11.6 Å². The summed E-state index contributed by atoms with van der Waals surface area (Å²) >= 11 is 7.46. The van der Waals surface area contributed by atoms with Gasteiger partial charge in [0.15, 0.2) is 9.84 Å². The molecule has 0 saturated heterocycles. The number of halogens is 1. The van der Waals surface area contributed by atoms with Crippen molar-refractivity contribution in [1.82, 2.24) is 4.98 Å². The van der Waals surface area contributed by atoms with E-state index in [0.717, 1.165) is 11.3 Å². The van der Waals surface area contributed by atoms with Crippen LogP contribution < -0.4 is 5.32 Å². The lowest BCUT2D eigenvalue weighted by Crippen LogP contribution is -2.14. The number of carbonyl (C=O) groups is 1. The number of hydrogen-bond acceptors (Lipinski definition) is 5. The Morgan fingerprint density at radius 3 is 2.59 bits per heavy atom. The predicted molar refractivity (Wildman–Crippen MR) is 88.5 cm³/mol. The Hall–Kier alpha value is -1.57. The molecule has 0 atom stereocenters. The van der Waals surface area contributed by atoms with Gasteiger partial charge in [-0.25, -0.2) is 13.4 Å². The highest BCUT2D eigenvalue weighted by molar-refractivity contribution is 7.98. The highest BCUT2D eigenvalue weighted by Gasteiger charge is 2.15. The number of aromatic nitrogens is 1. The van der Waals surface area contributed by atoms with Crippen LogP contribution in [0.1, 0.15) is 10.4 Å². The first-order valence-electron chi connectivity index (χ1n) is 6.13. The van der Waals surface area contributed by atoms with Crippen LogP contribution in [-0.4, -0.2) is 31.8 Å². The summed E-state index contributed by atoms with van der Waals surface area (Å²) < 4.78 is 22.9. The zero-order chi connectivity index (χ0) is 16.3. The summed E-state index contributed by atoms with van der Waals surface area (Å²) in [4.78, 5) is 16.5. The fourth-order valence-electron chi connectivity index (χ4n) is 1.69. The van der Waals surface area contributed by atoms with Crippen molar-refractivity contribution >= 4 is 44.9 Å². The number of thioether (sulfide) groups is 1. The lowest BCUT2D eigenvalue weighted by atomic mass is 10.2. The number of hydrogen-bond donors (Lipinski definition) is 1. The van der Waals surface area contributed by atoms with Crippen LogP contribution in [0.3, 0.4) is 0 Å². The van der Waals surface area contributed by atoms with Crippen LogP contribution >= 0.6 is 23.4 Å². The van der Waals surface area contributed by atoms with E-state index in [1.54, 1.807) is 12.1 Å². The Morgan fingerprint density at radius 2 is 2.00 bits per heavy atom. The first-order chi connectivity index (χ1) is 10.3. The summed E-state index contributed by atoms with van der Waals surface area (Å²) in [5.74, 6) is -0.0455. The molecule has 0 unspecified atom stereocenters. The van der Waals surface area contributed by atoms with Crippen LogP contribution in [-0.2, 0) is 9.84 Å². The van der Waals surface area contributed by atoms with Gasteiger partial charge < -0.3 is 5.32 Å². The fraction of sp³-hybridized carbons (Fsp3) is 0.143. The Morgan fingerprint density at radius 1 is 1.27 bits per heavy atom. The van der Waals surface area contributed by atoms with Gasteiger partial charge in [0.2, 0.25) is 0 Å². The lowest BCUT2D eigenvalue weighted by Gasteiger charge is -2.08. The SMILES string of the molecule is CSc1cccc(NC(=O)c2ccc(S(C)(=O)=O)cc2Cl)n1. The largest absolute Gasteiger partial charge is 0.306 e. The number of benzene rings is 1. The molecule has 0 aliphatic rings. The molecule has 8 heteroatoms. The van der Waals surface area contributed by atoms with Gasteiger partial charge in [0.05, 0.1) is 20.5 Å². The van der Waals surface area contributed by atoms with Crippen molar-refractivity contribution in [2.24, 2.45) is 0 Å². The average Bonchev–Trinajstić information content (AvgIpc) is 2.46. The monoisotopic (exact) mass is 356 g/mol. The maximum Gasteiger partial charge on any atom is 0.258 e. The van der Waals surface area contributed by atoms with Gasteiger partial charge in [0.25, 0.3) is 5.91 Å². The van der Waals surface area contributed by atoms with E-state index < -0.39 is 15.7 Å². The topological polar surface area (TPSA) is 76.1 Å². The molecular weight excluding hydrogens is 344 g/mol. The van der Waals surface area contributed by atoms with E-state index in [2.05, 4.69) is 10.3 Å². The van der Waals surface area contributed by atoms with Crippen LogP contribution in [0.15, 0.2) is 46.3 Å². The molecule has 1 N–H and O–H groups in total. The molecule has 0 fully saturated rings. The maximum absolute atomic E-state index is 12.2. The van der Waals surface area contributed by atoms with Crippen LogP contribution in [0.2, 0.25) is 5.02 Å². The molecule has 116 valence electrons. The lowest BCUT2D eigenvalue weighted by molar-refractivity contribution is 0.102. The highest BCUT2D eigenvalue weighted by atomic mass is 35.5. The Labute approximate surface area is 138 Å². The zero-order valence-corrected chi connectivity index (χ0v) is 14.2. The van der Waals surface area contributed by atoms with E-state index in [-0.39, 0.29) is 15.5 Å². The average molecular weight is 357 g/mol. The number of carbonyl (C=O) groups excluding carboxylic acids is 1. The van der Waals surface area contributed by atoms with Crippen molar-refractivity contribution in [2.45, 2.75) is 9.92 Å². The first-order valence-corrected chi connectivity index (χ1v) is 9.62. The maximum atomic E-state index is 12.2. The number of anilines is 1. The second-order valence-electron chi connectivity index (χ2n) is 4.43. The van der Waals surface area contributed by atoms with Gasteiger partial charge >= 0.3 is 0 Å². The normalized spacial score (nSPS) is 11.2. The van der Waals surface area contributed by atoms with E-state index in [1.807, 2.05) is 12.3 Å². The number of pyridine rings is 1. The Bertz CT molecular complexity index is 823. The predicted octanol–water partition coefficient (Wildman–Crippen LogP) is 3.11. The second-order valence-corrected chi connectivity index (χ2v) is 7.68. The molecule has 1 heterocycles. The van der Waals surface area contributed by atoms with Crippen LogP contribution in [0.4, 0.5) is 5.82 Å². The summed E-state index contributed by atoms with van der Waals surface area (Å²) in [5, 5.41) is 3.48. The fourth-order valence-corrected chi connectivity index (χ4v) is 3.07. The van der Waals surface area contributed by atoms with Crippen molar-refractivity contribution in [3.8, 4) is 0 Å². The van der Waals surface area contributed by atoms with Crippen molar-refractivity contribution in [2.75, 3.05) is 17.8 Å². The molecular formula is C14H13ClN2O3S2. The molecule has 0 radical (unpaired) electrons. The van der Waals surface area contributed by atoms with Gasteiger partial charge in [-0.15, -0.1) is 11.8 Å². The molecule has 0 aliphatic carbocycles. The molecule has 1 aromatic carbocycles. The van der Waals surface area contributed by atoms with E-state index in [0.29, 0.717) is 5.82 Å². The van der Waals surface area contributed by atoms with Gasteiger partial charge in [-0.05, 0) is 36.6 Å². The van der Waals surface area contributed by atoms with Crippen LogP contribution in [0.5, 0.6) is 0 Å². The smallest absolute Gasteiger partial charge is 0.258 e. The highest BCUT2D eigenvalue weighted by Crippen LogP contribution is 2.22. The summed E-state index contributed by atoms with van der Waals surface area (Å²) in [6.45, 7) is 0. The van der Waals surface area contributed by atoms with E-state index >= 15 is 0 Å². The number of nitrogens with one attached hydrogen (secondary N) is 1. The number of sulfone groups is 1. The summed E-state index contributed by atoms with van der Waals surface area (Å²) in [6.07, 6.45) is 2.96. The molecule has 2 rings (SSSR count).